The number of hydrogen-bond acceptors (Lipinski definition) is 10. The number of β-amino-alcohol motifs (C(OH)–C–C–N with tert-alkyl or cyclic N) is 1. The van der Waals surface area contributed by atoms with Crippen LogP contribution in [0.3, 0.4) is 0 Å². The predicted molar refractivity (Wildman–Crippen MR) is 119 cm³/mol. The number of phenolic OH excluding ortho intramolecular Hbond substituents is 3. The van der Waals surface area contributed by atoms with Crippen molar-refractivity contribution in [2.45, 2.75) is 38.3 Å². The van der Waals surface area contributed by atoms with Gasteiger partial charge in [-0.3, -0.25) is 14.5 Å². The molecule has 1 saturated heterocycles. The van der Waals surface area contributed by atoms with Gasteiger partial charge in [0.05, 0.1) is 12.2 Å². The quantitative estimate of drug-likeness (QED) is 0.456. The van der Waals surface area contributed by atoms with Gasteiger partial charge >= 0.3 is 0 Å². The SMILES string of the molecule is C[C@@H]1CN(CC(O)COc2cc(C3Oc4cc(O)cc(O)c4C(=O)C3=O)ccc2O)C[C@H](C)O1. The second-order valence-corrected chi connectivity index (χ2v) is 8.70. The molecule has 2 aromatic rings. The van der Waals surface area contributed by atoms with E-state index < -0.39 is 29.5 Å². The highest BCUT2D eigenvalue weighted by Crippen LogP contribution is 2.41. The van der Waals surface area contributed by atoms with Gasteiger partial charge in [0.1, 0.15) is 35.5 Å². The average molecular weight is 473 g/mol. The Hall–Kier alpha value is -3.34. The van der Waals surface area contributed by atoms with Gasteiger partial charge in [0.25, 0.3) is 0 Å². The Morgan fingerprint density at radius 2 is 1.76 bits per heavy atom. The zero-order valence-corrected chi connectivity index (χ0v) is 18.8. The second-order valence-electron chi connectivity index (χ2n) is 8.70. The summed E-state index contributed by atoms with van der Waals surface area (Å²) < 4.78 is 16.9. The lowest BCUT2D eigenvalue weighted by Gasteiger charge is -2.36. The molecule has 10 nitrogen and oxygen atoms in total. The van der Waals surface area contributed by atoms with Gasteiger partial charge in [-0.15, -0.1) is 0 Å². The first-order valence-electron chi connectivity index (χ1n) is 10.9. The number of benzene rings is 2. The molecule has 4 N–H and O–H groups in total. The van der Waals surface area contributed by atoms with Crippen LogP contribution in [-0.4, -0.2) is 81.4 Å². The molecule has 0 aromatic heterocycles. The van der Waals surface area contributed by atoms with E-state index in [0.717, 1.165) is 12.1 Å². The highest BCUT2D eigenvalue weighted by Gasteiger charge is 2.39. The number of fused-ring (bicyclic) bond motifs is 1. The fraction of sp³-hybridized carbons (Fsp3) is 0.417. The molecular weight excluding hydrogens is 446 g/mol. The van der Waals surface area contributed by atoms with Crippen molar-refractivity contribution in [1.29, 1.82) is 0 Å². The summed E-state index contributed by atoms with van der Waals surface area (Å²) in [6.45, 7) is 5.56. The highest BCUT2D eigenvalue weighted by molar-refractivity contribution is 6.47. The van der Waals surface area contributed by atoms with Crippen LogP contribution in [-0.2, 0) is 9.53 Å². The minimum Gasteiger partial charge on any atom is -0.508 e. The molecule has 10 heteroatoms. The standard InChI is InChI=1S/C24H27NO9/c1-12-8-25(9-13(2)33-12)10-16(27)11-32-19-5-14(3-4-17(19)28)24-23(31)22(30)21-18(29)6-15(26)7-20(21)34-24/h3-7,12-13,16,24,26-29H,8-11H2,1-2H3/t12-,13+,16?,24?. The number of phenols is 3. The summed E-state index contributed by atoms with van der Waals surface area (Å²) in [5, 5.41) is 40.3. The molecule has 2 aliphatic heterocycles. The van der Waals surface area contributed by atoms with Gasteiger partial charge < -0.3 is 34.6 Å². The first kappa shape index (κ1) is 23.8. The van der Waals surface area contributed by atoms with E-state index in [2.05, 4.69) is 4.90 Å². The number of aromatic hydroxyl groups is 3. The molecule has 182 valence electrons. The van der Waals surface area contributed by atoms with E-state index in [0.29, 0.717) is 19.6 Å². The maximum absolute atomic E-state index is 12.7. The molecule has 4 rings (SSSR count). The van der Waals surface area contributed by atoms with Crippen LogP contribution >= 0.6 is 0 Å². The normalized spacial score (nSPS) is 23.8. The Labute approximate surface area is 195 Å². The van der Waals surface area contributed by atoms with Gasteiger partial charge in [-0.2, -0.15) is 0 Å². The number of Topliss-reactive ketones (excluding diaryl/α,β-unsaturated/α-hetero) is 2. The molecule has 0 radical (unpaired) electrons. The number of aliphatic hydroxyl groups is 1. The van der Waals surface area contributed by atoms with Crippen molar-refractivity contribution >= 4 is 11.6 Å². The molecule has 0 saturated carbocycles. The summed E-state index contributed by atoms with van der Waals surface area (Å²) in [6, 6.07) is 6.12. The Morgan fingerprint density at radius 1 is 1.06 bits per heavy atom. The summed E-state index contributed by atoms with van der Waals surface area (Å²) in [7, 11) is 0. The van der Waals surface area contributed by atoms with Crippen molar-refractivity contribution in [3.8, 4) is 28.7 Å². The van der Waals surface area contributed by atoms with Crippen molar-refractivity contribution in [1.82, 2.24) is 4.90 Å². The van der Waals surface area contributed by atoms with E-state index in [1.54, 1.807) is 0 Å². The third-order valence-electron chi connectivity index (χ3n) is 5.68. The van der Waals surface area contributed by atoms with E-state index >= 15 is 0 Å². The zero-order valence-electron chi connectivity index (χ0n) is 18.8. The maximum atomic E-state index is 12.7. The molecule has 0 aliphatic carbocycles. The number of aliphatic hydroxyl groups excluding tert-OH is 1. The molecule has 0 amide bonds. The summed E-state index contributed by atoms with van der Waals surface area (Å²) in [6.07, 6.45) is -2.08. The Balaban J connectivity index is 1.47. The van der Waals surface area contributed by atoms with Crippen LogP contribution < -0.4 is 9.47 Å². The van der Waals surface area contributed by atoms with E-state index in [4.69, 9.17) is 14.2 Å². The number of ether oxygens (including phenoxy) is 3. The molecular formula is C24H27NO9. The Morgan fingerprint density at radius 3 is 2.47 bits per heavy atom. The predicted octanol–water partition coefficient (Wildman–Crippen LogP) is 1.54. The number of nitrogens with zero attached hydrogens (tertiary/aromatic N) is 1. The van der Waals surface area contributed by atoms with E-state index in [1.807, 2.05) is 13.8 Å². The van der Waals surface area contributed by atoms with Crippen LogP contribution in [0.15, 0.2) is 30.3 Å². The van der Waals surface area contributed by atoms with Gasteiger partial charge in [0.15, 0.2) is 17.6 Å². The summed E-state index contributed by atoms with van der Waals surface area (Å²) in [4.78, 5) is 27.3. The smallest absolute Gasteiger partial charge is 0.248 e. The largest absolute Gasteiger partial charge is 0.508 e. The molecule has 0 bridgehead atoms. The third-order valence-corrected chi connectivity index (χ3v) is 5.68. The van der Waals surface area contributed by atoms with Gasteiger partial charge in [0, 0.05) is 37.3 Å². The van der Waals surface area contributed by atoms with Gasteiger partial charge in [-0.25, -0.2) is 0 Å². The zero-order chi connectivity index (χ0) is 24.6. The Kier molecular flexibility index (Phi) is 6.65. The van der Waals surface area contributed by atoms with E-state index in [-0.39, 0.29) is 52.9 Å². The van der Waals surface area contributed by atoms with Crippen LogP contribution in [0.1, 0.15) is 35.9 Å². The Bertz CT molecular complexity index is 1090. The van der Waals surface area contributed by atoms with Crippen molar-refractivity contribution < 1.29 is 44.2 Å². The van der Waals surface area contributed by atoms with E-state index in [1.165, 1.54) is 18.2 Å². The van der Waals surface area contributed by atoms with Crippen molar-refractivity contribution in [3.05, 3.63) is 41.5 Å². The second kappa shape index (κ2) is 9.49. The van der Waals surface area contributed by atoms with Crippen LogP contribution in [0, 0.1) is 0 Å². The number of carbonyl (C=O) groups is 2. The lowest BCUT2D eigenvalue weighted by molar-refractivity contribution is -0.122. The van der Waals surface area contributed by atoms with Crippen LogP contribution in [0.4, 0.5) is 0 Å². The fourth-order valence-electron chi connectivity index (χ4n) is 4.33. The number of carbonyl (C=O) groups excluding carboxylic acids is 2. The maximum Gasteiger partial charge on any atom is 0.248 e. The van der Waals surface area contributed by atoms with Crippen LogP contribution in [0.25, 0.3) is 0 Å². The fourth-order valence-corrected chi connectivity index (χ4v) is 4.33. The highest BCUT2D eigenvalue weighted by atomic mass is 16.5. The molecule has 2 aliphatic rings. The van der Waals surface area contributed by atoms with Crippen molar-refractivity contribution in [3.63, 3.8) is 0 Å². The number of rotatable bonds is 6. The minimum absolute atomic E-state index is 0.00802. The molecule has 0 spiro atoms. The number of ketones is 2. The monoisotopic (exact) mass is 473 g/mol. The number of morpholine rings is 1. The van der Waals surface area contributed by atoms with Gasteiger partial charge in [-0.1, -0.05) is 6.07 Å². The molecule has 4 atom stereocenters. The topological polar surface area (TPSA) is 146 Å². The molecule has 2 aromatic carbocycles. The van der Waals surface area contributed by atoms with Gasteiger partial charge in [0.2, 0.25) is 11.6 Å². The first-order valence-corrected chi connectivity index (χ1v) is 10.9. The first-order chi connectivity index (χ1) is 16.1. The minimum atomic E-state index is -1.36. The summed E-state index contributed by atoms with van der Waals surface area (Å²) in [5.41, 5.74) is -0.0888. The molecule has 1 fully saturated rings. The summed E-state index contributed by atoms with van der Waals surface area (Å²) in [5.74, 6) is -3.09. The molecule has 2 heterocycles. The summed E-state index contributed by atoms with van der Waals surface area (Å²) >= 11 is 0. The lowest BCUT2D eigenvalue weighted by atomic mass is 9.94. The molecule has 2 unspecified atom stereocenters. The van der Waals surface area contributed by atoms with Crippen LogP contribution in [0.2, 0.25) is 0 Å². The van der Waals surface area contributed by atoms with Gasteiger partial charge in [-0.05, 0) is 26.0 Å². The van der Waals surface area contributed by atoms with Crippen molar-refractivity contribution in [2.75, 3.05) is 26.2 Å². The average Bonchev–Trinajstić information content (AvgIpc) is 2.74. The van der Waals surface area contributed by atoms with Crippen LogP contribution in [0.5, 0.6) is 28.7 Å². The third kappa shape index (κ3) is 4.93. The molecule has 34 heavy (non-hydrogen) atoms. The number of hydrogen-bond donors (Lipinski definition) is 4. The van der Waals surface area contributed by atoms with E-state index in [9.17, 15) is 30.0 Å². The lowest BCUT2D eigenvalue weighted by Crippen LogP contribution is -2.48. The van der Waals surface area contributed by atoms with Crippen molar-refractivity contribution in [2.24, 2.45) is 0 Å².